The van der Waals surface area contributed by atoms with Crippen LogP contribution in [0.2, 0.25) is 0 Å². The molecule has 0 aliphatic carbocycles. The van der Waals surface area contributed by atoms with E-state index in [1.807, 2.05) is 20.8 Å². The maximum Gasteiger partial charge on any atom is 0.269 e. The Balaban J connectivity index is 2.09. The molecule has 1 aliphatic rings. The topological polar surface area (TPSA) is 147 Å². The molecule has 1 heterocycles. The second-order valence-electron chi connectivity index (χ2n) is 9.18. The molecule has 0 radical (unpaired) electrons. The molecule has 0 aromatic carbocycles. The van der Waals surface area contributed by atoms with Gasteiger partial charge in [0.15, 0.2) is 0 Å². The summed E-state index contributed by atoms with van der Waals surface area (Å²) in [6.45, 7) is 5.95. The Hall–Kier alpha value is 0.600. The molecule has 5 unspecified atom stereocenters. The first kappa shape index (κ1) is 27.6. The van der Waals surface area contributed by atoms with E-state index in [1.54, 1.807) is 0 Å². The molecule has 8 nitrogen and oxygen atoms in total. The van der Waals surface area contributed by atoms with E-state index in [9.17, 15) is 27.3 Å². The zero-order valence-electron chi connectivity index (χ0n) is 17.8. The van der Waals surface area contributed by atoms with Crippen molar-refractivity contribution in [1.29, 1.82) is 0 Å². The fourth-order valence-corrected chi connectivity index (χ4v) is 8.93. The maximum absolute atomic E-state index is 12.1. The Kier molecular flexibility index (Phi) is 10.9. The van der Waals surface area contributed by atoms with Crippen LogP contribution in [-0.4, -0.2) is 59.1 Å². The van der Waals surface area contributed by atoms with E-state index in [1.165, 1.54) is 0 Å². The molecule has 29 heavy (non-hydrogen) atoms. The van der Waals surface area contributed by atoms with Gasteiger partial charge in [-0.2, -0.15) is 0 Å². The minimum absolute atomic E-state index is 0.101. The van der Waals surface area contributed by atoms with E-state index >= 15 is 0 Å². The summed E-state index contributed by atoms with van der Waals surface area (Å²) in [7, 11) is -8.48. The Morgan fingerprint density at radius 2 is 1.59 bits per heavy atom. The average molecular weight is 493 g/mol. The van der Waals surface area contributed by atoms with Gasteiger partial charge in [0.2, 0.25) is 0 Å². The molecule has 174 valence electrons. The van der Waals surface area contributed by atoms with Gasteiger partial charge >= 0.3 is 0 Å². The summed E-state index contributed by atoms with van der Waals surface area (Å²) in [4.78, 5) is 18.5. The molecular weight excluding hydrogens is 454 g/mol. The highest BCUT2D eigenvalue weighted by Crippen LogP contribution is 2.52. The maximum atomic E-state index is 12.1. The highest BCUT2D eigenvalue weighted by atomic mass is 32.2. The van der Waals surface area contributed by atoms with Crippen LogP contribution in [-0.2, 0) is 30.7 Å². The minimum Gasteiger partial charge on any atom is -0.333 e. The Morgan fingerprint density at radius 1 is 1.10 bits per heavy atom. The highest BCUT2D eigenvalue weighted by molar-refractivity contribution is 7.85. The molecule has 0 saturated carbocycles. The van der Waals surface area contributed by atoms with Crippen LogP contribution in [0.15, 0.2) is 0 Å². The molecular formula is C17H38N2O6P2S2. The van der Waals surface area contributed by atoms with Gasteiger partial charge in [0, 0.05) is 56.3 Å². The molecule has 0 aromatic rings. The van der Waals surface area contributed by atoms with E-state index in [2.05, 4.69) is 5.09 Å². The summed E-state index contributed by atoms with van der Waals surface area (Å²) < 4.78 is 46.7. The third-order valence-corrected chi connectivity index (χ3v) is 11.0. The molecule has 0 bridgehead atoms. The van der Waals surface area contributed by atoms with Crippen molar-refractivity contribution in [2.75, 3.05) is 35.3 Å². The van der Waals surface area contributed by atoms with Crippen molar-refractivity contribution < 1.29 is 27.3 Å². The lowest BCUT2D eigenvalue weighted by molar-refractivity contribution is 0.316. The Bertz CT molecular complexity index is 673. The van der Waals surface area contributed by atoms with Crippen LogP contribution in [0.3, 0.4) is 0 Å². The fourth-order valence-electron chi connectivity index (χ4n) is 3.52. The van der Waals surface area contributed by atoms with Crippen LogP contribution in [0.1, 0.15) is 59.3 Å². The van der Waals surface area contributed by atoms with Gasteiger partial charge in [0.25, 0.3) is 15.0 Å². The van der Waals surface area contributed by atoms with Crippen LogP contribution >= 0.6 is 15.0 Å². The van der Waals surface area contributed by atoms with Crippen molar-refractivity contribution in [3.05, 3.63) is 0 Å². The van der Waals surface area contributed by atoms with Gasteiger partial charge in [-0.15, -0.1) is 0 Å². The zero-order chi connectivity index (χ0) is 22.3. The quantitative estimate of drug-likeness (QED) is 0.255. The highest BCUT2D eigenvalue weighted by Gasteiger charge is 2.46. The number of nitrogens with two attached hydrogens (primary N) is 1. The lowest BCUT2D eigenvalue weighted by atomic mass is 9.85. The largest absolute Gasteiger partial charge is 0.333 e. The summed E-state index contributed by atoms with van der Waals surface area (Å²) in [5, 5.41) is 2.71. The van der Waals surface area contributed by atoms with Crippen molar-refractivity contribution in [3.8, 4) is 0 Å². The second-order valence-corrected chi connectivity index (χ2v) is 16.5. The Morgan fingerprint density at radius 3 is 2.07 bits per heavy atom. The number of rotatable bonds is 15. The second kappa shape index (κ2) is 11.5. The van der Waals surface area contributed by atoms with Gasteiger partial charge in [-0.1, -0.05) is 13.8 Å². The third kappa shape index (κ3) is 12.9. The average Bonchev–Trinajstić information content (AvgIpc) is 2.50. The molecule has 0 spiro atoms. The van der Waals surface area contributed by atoms with Crippen LogP contribution in [0.5, 0.6) is 0 Å². The van der Waals surface area contributed by atoms with Gasteiger partial charge in [0.05, 0.1) is 6.16 Å². The molecule has 5 atom stereocenters. The lowest BCUT2D eigenvalue weighted by Gasteiger charge is -2.43. The first-order valence-electron chi connectivity index (χ1n) is 10.0. The fraction of sp³-hybridized carbons (Fsp3) is 1.00. The monoisotopic (exact) mass is 492 g/mol. The van der Waals surface area contributed by atoms with Gasteiger partial charge in [0.1, 0.15) is 0 Å². The minimum atomic E-state index is -3.48. The van der Waals surface area contributed by atoms with E-state index < -0.39 is 36.6 Å². The molecule has 1 rings (SSSR count). The van der Waals surface area contributed by atoms with Crippen molar-refractivity contribution in [2.24, 2.45) is 10.9 Å². The predicted octanol–water partition coefficient (Wildman–Crippen LogP) is 2.54. The first-order valence-corrected chi connectivity index (χ1v) is 16.8. The van der Waals surface area contributed by atoms with Crippen molar-refractivity contribution in [1.82, 2.24) is 5.09 Å². The molecule has 0 aromatic heterocycles. The smallest absolute Gasteiger partial charge is 0.269 e. The summed E-state index contributed by atoms with van der Waals surface area (Å²) in [6, 6.07) is 0. The normalized spacial score (nSPS) is 29.0. The van der Waals surface area contributed by atoms with Crippen LogP contribution in [0, 0.1) is 5.41 Å². The zero-order valence-corrected chi connectivity index (χ0v) is 21.2. The van der Waals surface area contributed by atoms with Crippen LogP contribution < -0.4 is 10.6 Å². The van der Waals surface area contributed by atoms with E-state index in [4.69, 9.17) is 5.50 Å². The van der Waals surface area contributed by atoms with Gasteiger partial charge < -0.3 is 9.79 Å². The Labute approximate surface area is 180 Å². The summed E-state index contributed by atoms with van der Waals surface area (Å²) in [5.41, 5.74) is 4.75. The molecule has 12 heteroatoms. The van der Waals surface area contributed by atoms with Gasteiger partial charge in [-0.3, -0.25) is 23.1 Å². The predicted molar refractivity (Wildman–Crippen MR) is 122 cm³/mol. The van der Waals surface area contributed by atoms with E-state index in [-0.39, 0.29) is 23.3 Å². The van der Waals surface area contributed by atoms with Crippen LogP contribution in [0.25, 0.3) is 0 Å². The van der Waals surface area contributed by atoms with Gasteiger partial charge in [-0.25, -0.2) is 5.09 Å². The molecule has 5 N–H and O–H groups in total. The van der Waals surface area contributed by atoms with Crippen LogP contribution in [0.4, 0.5) is 0 Å². The van der Waals surface area contributed by atoms with Crippen molar-refractivity contribution in [2.45, 2.75) is 64.8 Å². The summed E-state index contributed by atoms with van der Waals surface area (Å²) >= 11 is 0. The third-order valence-electron chi connectivity index (χ3n) is 5.19. The number of hydrogen-bond acceptors (Lipinski definition) is 4. The van der Waals surface area contributed by atoms with E-state index in [0.717, 1.165) is 25.7 Å². The van der Waals surface area contributed by atoms with Crippen molar-refractivity contribution >= 4 is 36.6 Å². The molecule has 0 amide bonds. The SMILES string of the molecule is CC(C)(CCCS(=O)CCCS(=O)CCCC1(C)CP(=O)(O)N1)CCP(N)(=O)O. The standard InChI is InChI=1S/C17H38N2O6P2S2/c1-16(2,9-10-26(18,20)21)7-4-11-28(24)13-6-14-29(25)12-5-8-17(3)15-27(22,23)19-17/h4-15H2,1-3H3,(H3,18,20,21)(H2,19,22,23). The lowest BCUT2D eigenvalue weighted by Crippen LogP contribution is -2.54. The van der Waals surface area contributed by atoms with Gasteiger partial charge in [-0.05, 0) is 50.9 Å². The number of nitrogens with one attached hydrogen (secondary N) is 1. The molecule has 1 fully saturated rings. The number of hydrogen-bond donors (Lipinski definition) is 4. The van der Waals surface area contributed by atoms with E-state index in [0.29, 0.717) is 35.9 Å². The molecule has 1 aliphatic heterocycles. The summed E-state index contributed by atoms with van der Waals surface area (Å²) in [6.07, 6.45) is 4.65. The summed E-state index contributed by atoms with van der Waals surface area (Å²) in [5.74, 6) is 2.21. The first-order chi connectivity index (χ1) is 13.1. The molecule has 1 saturated heterocycles. The van der Waals surface area contributed by atoms with Crippen molar-refractivity contribution in [3.63, 3.8) is 0 Å².